The molecular weight excluding hydrogens is 327 g/mol. The zero-order valence-corrected chi connectivity index (χ0v) is 11.9. The van der Waals surface area contributed by atoms with Crippen molar-refractivity contribution in [2.24, 2.45) is 5.73 Å². The number of carbonyl (C=O) groups excluding carboxylic acids is 1. The summed E-state index contributed by atoms with van der Waals surface area (Å²) in [5.74, 6) is -1.16. The number of sulfonamides is 1. The molecule has 1 aromatic carbocycles. The van der Waals surface area contributed by atoms with Gasteiger partial charge in [0.15, 0.2) is 0 Å². The molecule has 1 atom stereocenters. The zero-order chi connectivity index (χ0) is 13.9. The molecule has 0 aliphatic rings. The van der Waals surface area contributed by atoms with E-state index in [1.165, 1.54) is 6.92 Å². The molecule has 8 heteroatoms. The third kappa shape index (κ3) is 4.04. The maximum Gasteiger partial charge on any atom is 0.241 e. The summed E-state index contributed by atoms with van der Waals surface area (Å²) in [6.07, 6.45) is -0.113. The van der Waals surface area contributed by atoms with Crippen LogP contribution in [0.1, 0.15) is 13.3 Å². The molecule has 0 saturated carbocycles. The average Bonchev–Trinajstić information content (AvgIpc) is 2.13. The number of halogens is 2. The van der Waals surface area contributed by atoms with Gasteiger partial charge in [0.2, 0.25) is 15.9 Å². The van der Waals surface area contributed by atoms with Crippen LogP contribution >= 0.6 is 15.9 Å². The van der Waals surface area contributed by atoms with E-state index in [0.29, 0.717) is 0 Å². The lowest BCUT2D eigenvalue weighted by Crippen LogP contribution is -2.35. The number of nitrogens with one attached hydrogen (secondary N) is 1. The molecule has 5 nitrogen and oxygen atoms in total. The first-order valence-corrected chi connectivity index (χ1v) is 7.25. The van der Waals surface area contributed by atoms with E-state index in [2.05, 4.69) is 20.7 Å². The second-order valence-corrected chi connectivity index (χ2v) is 6.30. The first kappa shape index (κ1) is 15.1. The molecule has 0 aliphatic heterocycles. The van der Waals surface area contributed by atoms with E-state index >= 15 is 0 Å². The van der Waals surface area contributed by atoms with E-state index in [1.807, 2.05) is 0 Å². The number of hydrogen-bond donors (Lipinski definition) is 2. The molecule has 0 spiro atoms. The van der Waals surface area contributed by atoms with Gasteiger partial charge in [0, 0.05) is 16.9 Å². The molecule has 100 valence electrons. The molecule has 1 aromatic rings. The third-order valence-electron chi connectivity index (χ3n) is 2.05. The van der Waals surface area contributed by atoms with Gasteiger partial charge in [-0.3, -0.25) is 4.79 Å². The zero-order valence-electron chi connectivity index (χ0n) is 9.48. The molecule has 0 bridgehead atoms. The molecule has 0 aliphatic carbocycles. The molecule has 3 N–H and O–H groups in total. The van der Waals surface area contributed by atoms with Crippen molar-refractivity contribution < 1.29 is 17.6 Å². The summed E-state index contributed by atoms with van der Waals surface area (Å²) in [7, 11) is -3.82. The van der Waals surface area contributed by atoms with E-state index in [4.69, 9.17) is 5.73 Å². The average molecular weight is 339 g/mol. The molecule has 1 unspecified atom stereocenters. The summed E-state index contributed by atoms with van der Waals surface area (Å²) >= 11 is 2.97. The van der Waals surface area contributed by atoms with Crippen molar-refractivity contribution in [2.75, 3.05) is 0 Å². The third-order valence-corrected chi connectivity index (χ3v) is 4.61. The maximum atomic E-state index is 12.9. The van der Waals surface area contributed by atoms with E-state index in [0.717, 1.165) is 18.2 Å². The van der Waals surface area contributed by atoms with E-state index in [1.54, 1.807) is 0 Å². The number of benzene rings is 1. The molecule has 0 aromatic heterocycles. The summed E-state index contributed by atoms with van der Waals surface area (Å²) in [5, 5.41) is 0. The number of carbonyl (C=O) groups is 1. The highest BCUT2D eigenvalue weighted by atomic mass is 79.9. The van der Waals surface area contributed by atoms with Crippen LogP contribution in [0.4, 0.5) is 4.39 Å². The number of amides is 1. The Morgan fingerprint density at radius 2 is 2.17 bits per heavy atom. The highest BCUT2D eigenvalue weighted by Crippen LogP contribution is 2.22. The van der Waals surface area contributed by atoms with Gasteiger partial charge in [-0.2, -0.15) is 0 Å². The van der Waals surface area contributed by atoms with E-state index in [9.17, 15) is 17.6 Å². The minimum Gasteiger partial charge on any atom is -0.370 e. The fourth-order valence-electron chi connectivity index (χ4n) is 1.36. The normalized spacial score (nSPS) is 13.3. The summed E-state index contributed by atoms with van der Waals surface area (Å²) in [6, 6.07) is 2.59. The largest absolute Gasteiger partial charge is 0.370 e. The molecule has 0 radical (unpaired) electrons. The van der Waals surface area contributed by atoms with Crippen molar-refractivity contribution in [3.05, 3.63) is 28.5 Å². The first-order valence-electron chi connectivity index (χ1n) is 4.98. The van der Waals surface area contributed by atoms with Gasteiger partial charge < -0.3 is 5.73 Å². The fourth-order valence-corrected chi connectivity index (χ4v) is 3.66. The van der Waals surface area contributed by atoms with Gasteiger partial charge in [-0.1, -0.05) is 0 Å². The Morgan fingerprint density at radius 3 is 2.67 bits per heavy atom. The van der Waals surface area contributed by atoms with Crippen molar-refractivity contribution >= 4 is 31.9 Å². The van der Waals surface area contributed by atoms with Gasteiger partial charge in [-0.05, 0) is 41.1 Å². The SMILES string of the molecule is CC(CC(N)=O)NS(=O)(=O)c1ccc(F)cc1Br. The van der Waals surface area contributed by atoms with Crippen LogP contribution in [0, 0.1) is 5.82 Å². The Kier molecular flexibility index (Phi) is 4.83. The summed E-state index contributed by atoms with van der Waals surface area (Å²) in [6.45, 7) is 1.51. The quantitative estimate of drug-likeness (QED) is 0.843. The van der Waals surface area contributed by atoms with Crippen LogP contribution in [0.15, 0.2) is 27.6 Å². The number of primary amides is 1. The van der Waals surface area contributed by atoms with Crippen LogP contribution in [0.3, 0.4) is 0 Å². The van der Waals surface area contributed by atoms with Crippen molar-refractivity contribution in [3.63, 3.8) is 0 Å². The second kappa shape index (κ2) is 5.77. The molecule has 0 saturated heterocycles. The van der Waals surface area contributed by atoms with E-state index < -0.39 is 27.8 Å². The van der Waals surface area contributed by atoms with Crippen molar-refractivity contribution in [3.8, 4) is 0 Å². The lowest BCUT2D eigenvalue weighted by atomic mass is 10.2. The van der Waals surface area contributed by atoms with Gasteiger partial charge in [-0.15, -0.1) is 0 Å². The van der Waals surface area contributed by atoms with Crippen LogP contribution in [0.25, 0.3) is 0 Å². The predicted octanol–water partition coefficient (Wildman–Crippen LogP) is 1.13. The standard InChI is InChI=1S/C10H12BrFN2O3S/c1-6(4-10(13)15)14-18(16,17)9-3-2-7(12)5-8(9)11/h2-3,5-6,14H,4H2,1H3,(H2,13,15). The van der Waals surface area contributed by atoms with Crippen LogP contribution in [0.2, 0.25) is 0 Å². The monoisotopic (exact) mass is 338 g/mol. The second-order valence-electron chi connectivity index (χ2n) is 3.77. The fraction of sp³-hybridized carbons (Fsp3) is 0.300. The highest BCUT2D eigenvalue weighted by molar-refractivity contribution is 9.10. The van der Waals surface area contributed by atoms with Crippen molar-refractivity contribution in [1.29, 1.82) is 0 Å². The number of rotatable bonds is 5. The molecular formula is C10H12BrFN2O3S. The predicted molar refractivity (Wildman–Crippen MR) is 67.7 cm³/mol. The topological polar surface area (TPSA) is 89.3 Å². The Balaban J connectivity index is 2.96. The molecule has 0 heterocycles. The summed E-state index contributed by atoms with van der Waals surface area (Å²) < 4.78 is 39.1. The Morgan fingerprint density at radius 1 is 1.56 bits per heavy atom. The minimum absolute atomic E-state index is 0.0970. The van der Waals surface area contributed by atoms with Gasteiger partial charge in [0.1, 0.15) is 5.82 Å². The smallest absolute Gasteiger partial charge is 0.241 e. The van der Waals surface area contributed by atoms with Crippen LogP contribution in [-0.2, 0) is 14.8 Å². The maximum absolute atomic E-state index is 12.9. The van der Waals surface area contributed by atoms with Gasteiger partial charge in [0.05, 0.1) is 4.90 Å². The van der Waals surface area contributed by atoms with E-state index in [-0.39, 0.29) is 15.8 Å². The van der Waals surface area contributed by atoms with Crippen molar-refractivity contribution in [2.45, 2.75) is 24.3 Å². The Hall–Kier alpha value is -0.990. The highest BCUT2D eigenvalue weighted by Gasteiger charge is 2.21. The van der Waals surface area contributed by atoms with Crippen LogP contribution < -0.4 is 10.5 Å². The molecule has 18 heavy (non-hydrogen) atoms. The van der Waals surface area contributed by atoms with Crippen LogP contribution in [-0.4, -0.2) is 20.4 Å². The lowest BCUT2D eigenvalue weighted by Gasteiger charge is -2.13. The summed E-state index contributed by atoms with van der Waals surface area (Å²) in [5.41, 5.74) is 4.97. The van der Waals surface area contributed by atoms with Gasteiger partial charge in [-0.25, -0.2) is 17.5 Å². The molecule has 1 rings (SSSR count). The Bertz CT molecular complexity index is 562. The first-order chi connectivity index (χ1) is 8.22. The number of nitrogens with two attached hydrogens (primary N) is 1. The molecule has 1 amide bonds. The van der Waals surface area contributed by atoms with Crippen molar-refractivity contribution in [1.82, 2.24) is 4.72 Å². The minimum atomic E-state index is -3.82. The Labute approximate surface area is 113 Å². The van der Waals surface area contributed by atoms with Gasteiger partial charge >= 0.3 is 0 Å². The lowest BCUT2D eigenvalue weighted by molar-refractivity contribution is -0.118. The van der Waals surface area contributed by atoms with Gasteiger partial charge in [0.25, 0.3) is 0 Å². The number of hydrogen-bond acceptors (Lipinski definition) is 3. The van der Waals surface area contributed by atoms with Crippen LogP contribution in [0.5, 0.6) is 0 Å². The summed E-state index contributed by atoms with van der Waals surface area (Å²) in [4.78, 5) is 10.6. The molecule has 0 fully saturated rings.